The molecule has 1 aliphatic rings. The van der Waals surface area contributed by atoms with Crippen LogP contribution in [0.25, 0.3) is 11.0 Å². The Bertz CT molecular complexity index is 671. The Kier molecular flexibility index (Phi) is 3.94. The van der Waals surface area contributed by atoms with Gasteiger partial charge < -0.3 is 0 Å². The van der Waals surface area contributed by atoms with Gasteiger partial charge in [-0.05, 0) is 46.9 Å². The maximum atomic E-state index is 12.9. The highest BCUT2D eigenvalue weighted by atomic mass is 32.2. The first-order valence-electron chi connectivity index (χ1n) is 5.98. The molecule has 0 N–H and O–H groups in total. The number of hydrogen-bond donors (Lipinski definition) is 0. The van der Waals surface area contributed by atoms with Crippen LogP contribution in [-0.2, 0) is 0 Å². The summed E-state index contributed by atoms with van der Waals surface area (Å²) in [5.41, 5.74) is 1.97. The summed E-state index contributed by atoms with van der Waals surface area (Å²) in [6.07, 6.45) is 2.02. The molecule has 0 amide bonds. The van der Waals surface area contributed by atoms with E-state index in [4.69, 9.17) is 0 Å². The molecule has 1 heterocycles. The Morgan fingerprint density at radius 2 is 1.40 bits per heavy atom. The van der Waals surface area contributed by atoms with Crippen LogP contribution < -0.4 is 0 Å². The van der Waals surface area contributed by atoms with Crippen molar-refractivity contribution in [2.75, 3.05) is 0 Å². The molecule has 0 bridgehead atoms. The van der Waals surface area contributed by atoms with E-state index in [2.05, 4.69) is 0 Å². The minimum absolute atomic E-state index is 0.230. The first-order valence-corrected chi connectivity index (χ1v) is 7.68. The van der Waals surface area contributed by atoms with Crippen molar-refractivity contribution in [1.29, 1.82) is 0 Å². The van der Waals surface area contributed by atoms with Gasteiger partial charge in [0.15, 0.2) is 0 Å². The minimum atomic E-state index is -0.232. The second-order valence-electron chi connectivity index (χ2n) is 4.22. The molecule has 0 unspecified atom stereocenters. The molecule has 0 atom stereocenters. The average molecular weight is 304 g/mol. The third-order valence-corrected chi connectivity index (χ3v) is 5.06. The van der Waals surface area contributed by atoms with Gasteiger partial charge in [0.05, 0.1) is 0 Å². The average Bonchev–Trinajstić information content (AvgIpc) is 2.91. The summed E-state index contributed by atoms with van der Waals surface area (Å²) in [5.74, 6) is -0.462. The van der Waals surface area contributed by atoms with E-state index in [0.717, 1.165) is 20.3 Å². The largest absolute Gasteiger partial charge is 0.207 e. The highest BCUT2D eigenvalue weighted by molar-refractivity contribution is 8.31. The summed E-state index contributed by atoms with van der Waals surface area (Å²) in [6.45, 7) is 0. The van der Waals surface area contributed by atoms with E-state index in [9.17, 15) is 8.78 Å². The Hall–Kier alpha value is -1.52. The summed E-state index contributed by atoms with van der Waals surface area (Å²) in [7, 11) is 0. The third-order valence-electron chi connectivity index (χ3n) is 2.78. The summed E-state index contributed by atoms with van der Waals surface area (Å²) >= 11 is 3.26. The fourth-order valence-corrected chi connectivity index (χ4v) is 3.94. The Morgan fingerprint density at radius 3 is 2.05 bits per heavy atom. The summed E-state index contributed by atoms with van der Waals surface area (Å²) in [5, 5.41) is 2.05. The Labute approximate surface area is 124 Å². The van der Waals surface area contributed by atoms with Gasteiger partial charge in [-0.15, -0.1) is 0 Å². The molecule has 2 aromatic carbocycles. The van der Waals surface area contributed by atoms with Gasteiger partial charge in [0.1, 0.15) is 11.6 Å². The van der Waals surface area contributed by atoms with Crippen molar-refractivity contribution in [3.8, 4) is 0 Å². The van der Waals surface area contributed by atoms with Crippen LogP contribution in [0, 0.1) is 11.6 Å². The second kappa shape index (κ2) is 5.85. The van der Waals surface area contributed by atoms with Crippen molar-refractivity contribution in [3.05, 3.63) is 80.9 Å². The first-order chi connectivity index (χ1) is 9.70. The van der Waals surface area contributed by atoms with E-state index in [1.54, 1.807) is 47.8 Å². The van der Waals surface area contributed by atoms with E-state index >= 15 is 0 Å². The maximum Gasteiger partial charge on any atom is 0.123 e. The SMILES string of the molecule is Fc1ccc(/C=C2\SC=C(c3ccc(F)cc3)S2)cc1. The molecule has 0 aliphatic carbocycles. The van der Waals surface area contributed by atoms with Gasteiger partial charge >= 0.3 is 0 Å². The second-order valence-corrected chi connectivity index (χ2v) is 6.48. The third kappa shape index (κ3) is 3.14. The molecule has 0 spiro atoms. The summed E-state index contributed by atoms with van der Waals surface area (Å²) in [6, 6.07) is 12.9. The highest BCUT2D eigenvalue weighted by Crippen LogP contribution is 2.48. The van der Waals surface area contributed by atoms with Crippen molar-refractivity contribution in [2.45, 2.75) is 0 Å². The van der Waals surface area contributed by atoms with Gasteiger partial charge in [0.2, 0.25) is 0 Å². The Balaban J connectivity index is 1.75. The molecule has 0 nitrogen and oxygen atoms in total. The molecule has 2 aromatic rings. The lowest BCUT2D eigenvalue weighted by molar-refractivity contribution is 0.627. The number of thioether (sulfide) groups is 2. The normalized spacial score (nSPS) is 16.5. The van der Waals surface area contributed by atoms with Gasteiger partial charge in [-0.1, -0.05) is 47.8 Å². The monoisotopic (exact) mass is 304 g/mol. The van der Waals surface area contributed by atoms with Crippen molar-refractivity contribution in [2.24, 2.45) is 0 Å². The van der Waals surface area contributed by atoms with Crippen LogP contribution >= 0.6 is 23.5 Å². The van der Waals surface area contributed by atoms with E-state index in [0.29, 0.717) is 0 Å². The van der Waals surface area contributed by atoms with Crippen molar-refractivity contribution < 1.29 is 8.78 Å². The van der Waals surface area contributed by atoms with E-state index in [1.165, 1.54) is 24.3 Å². The first kappa shape index (κ1) is 13.5. The smallest absolute Gasteiger partial charge is 0.123 e. The zero-order chi connectivity index (χ0) is 13.9. The standard InChI is InChI=1S/C16H10F2S2/c17-13-5-1-11(2-6-13)9-16-19-10-15(20-16)12-3-7-14(18)8-4-12/h1-10H/b16-9+. The molecule has 20 heavy (non-hydrogen) atoms. The zero-order valence-corrected chi connectivity index (χ0v) is 12.0. The molecule has 100 valence electrons. The lowest BCUT2D eigenvalue weighted by Crippen LogP contribution is -1.78. The van der Waals surface area contributed by atoms with Crippen molar-refractivity contribution in [3.63, 3.8) is 0 Å². The van der Waals surface area contributed by atoms with Crippen LogP contribution in [0.5, 0.6) is 0 Å². The number of rotatable bonds is 2. The minimum Gasteiger partial charge on any atom is -0.207 e. The van der Waals surface area contributed by atoms with Gasteiger partial charge in [-0.2, -0.15) is 0 Å². The van der Waals surface area contributed by atoms with Gasteiger partial charge in [0.25, 0.3) is 0 Å². The fourth-order valence-electron chi connectivity index (χ4n) is 1.77. The van der Waals surface area contributed by atoms with Crippen LogP contribution in [0.1, 0.15) is 11.1 Å². The van der Waals surface area contributed by atoms with Crippen LogP contribution in [0.15, 0.2) is 58.2 Å². The summed E-state index contributed by atoms with van der Waals surface area (Å²) in [4.78, 5) is 1.10. The lowest BCUT2D eigenvalue weighted by atomic mass is 10.2. The van der Waals surface area contributed by atoms with E-state index in [1.807, 2.05) is 11.5 Å². The number of halogens is 2. The van der Waals surface area contributed by atoms with Gasteiger partial charge in [-0.25, -0.2) is 8.78 Å². The number of benzene rings is 2. The quantitative estimate of drug-likeness (QED) is 0.693. The molecule has 4 heteroatoms. The predicted octanol–water partition coefficient (Wildman–Crippen LogP) is 5.74. The number of hydrogen-bond acceptors (Lipinski definition) is 2. The molecule has 0 saturated carbocycles. The van der Waals surface area contributed by atoms with E-state index in [-0.39, 0.29) is 11.6 Å². The molecular weight excluding hydrogens is 294 g/mol. The van der Waals surface area contributed by atoms with Crippen LogP contribution in [0.2, 0.25) is 0 Å². The lowest BCUT2D eigenvalue weighted by Gasteiger charge is -2.01. The molecule has 0 radical (unpaired) electrons. The van der Waals surface area contributed by atoms with E-state index < -0.39 is 0 Å². The zero-order valence-electron chi connectivity index (χ0n) is 10.3. The Morgan fingerprint density at radius 1 is 0.800 bits per heavy atom. The molecule has 1 aliphatic heterocycles. The van der Waals surface area contributed by atoms with Crippen LogP contribution in [0.3, 0.4) is 0 Å². The summed E-state index contributed by atoms with van der Waals surface area (Å²) < 4.78 is 26.9. The predicted molar refractivity (Wildman–Crippen MR) is 83.9 cm³/mol. The van der Waals surface area contributed by atoms with Crippen LogP contribution in [0.4, 0.5) is 8.78 Å². The maximum absolute atomic E-state index is 12.9. The van der Waals surface area contributed by atoms with Crippen LogP contribution in [-0.4, -0.2) is 0 Å². The van der Waals surface area contributed by atoms with Crippen molar-refractivity contribution >= 4 is 34.5 Å². The highest BCUT2D eigenvalue weighted by Gasteiger charge is 2.13. The molecular formula is C16H10F2S2. The van der Waals surface area contributed by atoms with Crippen molar-refractivity contribution in [1.82, 2.24) is 0 Å². The van der Waals surface area contributed by atoms with Gasteiger partial charge in [-0.3, -0.25) is 0 Å². The fraction of sp³-hybridized carbons (Fsp3) is 0. The molecule has 3 rings (SSSR count). The molecule has 0 fully saturated rings. The topological polar surface area (TPSA) is 0 Å². The van der Waals surface area contributed by atoms with Gasteiger partial charge in [0, 0.05) is 9.14 Å². The molecule has 0 aromatic heterocycles. The molecule has 0 saturated heterocycles.